The van der Waals surface area contributed by atoms with Gasteiger partial charge in [0.1, 0.15) is 11.5 Å². The minimum atomic E-state index is -5.76. The molecule has 2 heterocycles. The summed E-state index contributed by atoms with van der Waals surface area (Å²) in [4.78, 5) is -1.56. The molecular formula is C34H31F5O7S2. The number of hydrogen-bond donors (Lipinski definition) is 0. The third-order valence-electron chi connectivity index (χ3n) is 7.77. The first kappa shape index (κ1) is 34.2. The average molecular weight is 711 g/mol. The van der Waals surface area contributed by atoms with E-state index in [0.29, 0.717) is 26.1 Å². The van der Waals surface area contributed by atoms with Crippen LogP contribution in [0.25, 0.3) is 0 Å². The SMILES string of the molecule is O=S(=O)(OS(c1ccccc1)(c1cccc(OC2CCCCO2)c1)c1cccc(OC2CCCCO2)c1)c1c(F)c(F)c(F)c(F)c1F. The maximum absolute atomic E-state index is 15.1. The Hall–Kier alpha value is -3.69. The van der Waals surface area contributed by atoms with Crippen LogP contribution in [0.1, 0.15) is 38.5 Å². The molecule has 48 heavy (non-hydrogen) atoms. The Labute approximate surface area is 276 Å². The van der Waals surface area contributed by atoms with E-state index < -0.39 is 67.0 Å². The van der Waals surface area contributed by atoms with Gasteiger partial charge in [0.05, 0.1) is 13.2 Å². The van der Waals surface area contributed by atoms with E-state index in [-0.39, 0.29) is 26.2 Å². The van der Waals surface area contributed by atoms with Crippen LogP contribution in [0.3, 0.4) is 0 Å². The summed E-state index contributed by atoms with van der Waals surface area (Å²) < 4.78 is 130. The van der Waals surface area contributed by atoms with Crippen LogP contribution in [-0.4, -0.2) is 34.2 Å². The molecule has 0 radical (unpaired) electrons. The Kier molecular flexibility index (Phi) is 10.3. The highest BCUT2D eigenvalue weighted by Gasteiger charge is 2.43. The van der Waals surface area contributed by atoms with Gasteiger partial charge in [-0.2, -0.15) is 8.42 Å². The van der Waals surface area contributed by atoms with Crippen molar-refractivity contribution in [1.82, 2.24) is 0 Å². The van der Waals surface area contributed by atoms with Crippen molar-refractivity contribution in [2.75, 3.05) is 13.2 Å². The lowest BCUT2D eigenvalue weighted by atomic mass is 10.2. The first-order chi connectivity index (χ1) is 23.1. The topological polar surface area (TPSA) is 80.3 Å². The predicted octanol–water partition coefficient (Wildman–Crippen LogP) is 8.80. The van der Waals surface area contributed by atoms with Crippen LogP contribution in [0.15, 0.2) is 98.4 Å². The Balaban J connectivity index is 1.56. The molecule has 0 saturated carbocycles. The summed E-state index contributed by atoms with van der Waals surface area (Å²) in [6.45, 7) is 0.981. The monoisotopic (exact) mass is 710 g/mol. The van der Waals surface area contributed by atoms with Gasteiger partial charge in [-0.3, -0.25) is 0 Å². The largest absolute Gasteiger partial charge is 0.465 e. The fourth-order valence-corrected chi connectivity index (χ4v) is 10.8. The van der Waals surface area contributed by atoms with E-state index in [1.54, 1.807) is 54.6 Å². The molecule has 0 N–H and O–H groups in total. The van der Waals surface area contributed by atoms with Crippen molar-refractivity contribution in [2.24, 2.45) is 0 Å². The molecule has 2 atom stereocenters. The molecule has 0 spiro atoms. The number of ether oxygens (including phenoxy) is 4. The number of halogens is 5. The second-order valence-corrected chi connectivity index (χ2v) is 15.5. The second-order valence-electron chi connectivity index (χ2n) is 11.1. The Morgan fingerprint density at radius 2 is 1.02 bits per heavy atom. The van der Waals surface area contributed by atoms with Crippen molar-refractivity contribution in [2.45, 2.75) is 70.7 Å². The number of hydrogen-bond acceptors (Lipinski definition) is 7. The molecule has 2 unspecified atom stereocenters. The van der Waals surface area contributed by atoms with Gasteiger partial charge < -0.3 is 18.9 Å². The first-order valence-corrected chi connectivity index (χ1v) is 18.2. The van der Waals surface area contributed by atoms with Crippen molar-refractivity contribution in [3.63, 3.8) is 0 Å². The standard InChI is InChI=1S/C34H31F5O7S2/c35-29-30(36)32(38)34(33(39)31(29)37)48(40,41)46-47(24-12-2-1-3-13-24,25-14-8-10-22(20-25)44-27-16-4-6-18-42-27)26-15-9-11-23(21-26)45-28-17-5-7-19-43-28/h1-3,8-15,20-21,27-28H,4-7,16-19H2. The summed E-state index contributed by atoms with van der Waals surface area (Å²) in [5, 5.41) is 0. The van der Waals surface area contributed by atoms with Crippen LogP contribution in [0.2, 0.25) is 0 Å². The molecule has 256 valence electrons. The number of rotatable bonds is 10. The molecule has 2 fully saturated rings. The minimum Gasteiger partial charge on any atom is -0.465 e. The summed E-state index contributed by atoms with van der Waals surface area (Å²) in [6.07, 6.45) is 3.52. The van der Waals surface area contributed by atoms with E-state index in [1.807, 2.05) is 0 Å². The molecule has 0 bridgehead atoms. The molecule has 0 aromatic heterocycles. The molecule has 2 saturated heterocycles. The zero-order valence-corrected chi connectivity index (χ0v) is 27.0. The highest BCUT2D eigenvalue weighted by molar-refractivity contribution is 8.33. The van der Waals surface area contributed by atoms with Crippen molar-refractivity contribution in [3.05, 3.63) is 108 Å². The van der Waals surface area contributed by atoms with Crippen molar-refractivity contribution >= 4 is 20.4 Å². The van der Waals surface area contributed by atoms with E-state index in [9.17, 15) is 21.6 Å². The smallest absolute Gasteiger partial charge is 0.313 e. The molecule has 7 nitrogen and oxygen atoms in total. The average Bonchev–Trinajstić information content (AvgIpc) is 3.10. The molecule has 0 aliphatic carbocycles. The molecule has 6 rings (SSSR count). The van der Waals surface area contributed by atoms with Crippen LogP contribution in [0, 0.1) is 29.1 Å². The van der Waals surface area contributed by atoms with E-state index in [4.69, 9.17) is 22.6 Å². The van der Waals surface area contributed by atoms with Crippen LogP contribution in [0.4, 0.5) is 22.0 Å². The Morgan fingerprint density at radius 1 is 0.562 bits per heavy atom. The van der Waals surface area contributed by atoms with Gasteiger partial charge in [0.25, 0.3) is 0 Å². The van der Waals surface area contributed by atoms with Gasteiger partial charge in [-0.15, -0.1) is 0 Å². The lowest BCUT2D eigenvalue weighted by molar-refractivity contribution is -0.106. The lowest BCUT2D eigenvalue weighted by Gasteiger charge is -2.39. The first-order valence-electron chi connectivity index (χ1n) is 15.2. The third-order valence-corrected chi connectivity index (χ3v) is 12.9. The molecule has 0 amide bonds. The van der Waals surface area contributed by atoms with Crippen molar-refractivity contribution in [3.8, 4) is 11.5 Å². The summed E-state index contributed by atoms with van der Waals surface area (Å²) in [6, 6.07) is 20.4. The van der Waals surface area contributed by atoms with Crippen LogP contribution >= 0.6 is 10.3 Å². The highest BCUT2D eigenvalue weighted by Crippen LogP contribution is 2.71. The van der Waals surface area contributed by atoms with E-state index in [0.717, 1.165) is 25.7 Å². The van der Waals surface area contributed by atoms with Crippen molar-refractivity contribution in [1.29, 1.82) is 0 Å². The van der Waals surface area contributed by atoms with Gasteiger partial charge in [-0.05, 0) is 84.5 Å². The zero-order chi connectivity index (χ0) is 33.9. The van der Waals surface area contributed by atoms with E-state index >= 15 is 8.78 Å². The Bertz CT molecular complexity index is 1770. The fraction of sp³-hybridized carbons (Fsp3) is 0.294. The summed E-state index contributed by atoms with van der Waals surface area (Å²) in [5.41, 5.74) is 0. The zero-order valence-electron chi connectivity index (χ0n) is 25.4. The molecule has 4 aromatic rings. The molecule has 4 aromatic carbocycles. The minimum absolute atomic E-state index is 0.167. The normalized spacial score (nSPS) is 20.4. The maximum atomic E-state index is 15.1. The third kappa shape index (κ3) is 6.90. The van der Waals surface area contributed by atoms with Gasteiger partial charge in [0.15, 0.2) is 40.7 Å². The fourth-order valence-electron chi connectivity index (χ4n) is 5.48. The van der Waals surface area contributed by atoms with Crippen LogP contribution in [-0.2, 0) is 23.2 Å². The summed E-state index contributed by atoms with van der Waals surface area (Å²) in [5.74, 6) is -11.9. The van der Waals surface area contributed by atoms with Gasteiger partial charge in [0, 0.05) is 27.5 Å². The lowest BCUT2D eigenvalue weighted by Crippen LogP contribution is -2.25. The maximum Gasteiger partial charge on any atom is 0.313 e. The van der Waals surface area contributed by atoms with Gasteiger partial charge in [-0.25, -0.2) is 25.6 Å². The van der Waals surface area contributed by atoms with Crippen LogP contribution in [0.5, 0.6) is 11.5 Å². The van der Waals surface area contributed by atoms with E-state index in [2.05, 4.69) is 0 Å². The molecule has 14 heteroatoms. The van der Waals surface area contributed by atoms with Gasteiger partial charge in [-0.1, -0.05) is 30.3 Å². The second kappa shape index (κ2) is 14.4. The number of benzene rings is 4. The van der Waals surface area contributed by atoms with Crippen LogP contribution < -0.4 is 9.47 Å². The Morgan fingerprint density at radius 3 is 1.48 bits per heavy atom. The molecular weight excluding hydrogens is 679 g/mol. The summed E-state index contributed by atoms with van der Waals surface area (Å²) in [7, 11) is -9.39. The predicted molar refractivity (Wildman–Crippen MR) is 165 cm³/mol. The van der Waals surface area contributed by atoms with Gasteiger partial charge >= 0.3 is 10.1 Å². The van der Waals surface area contributed by atoms with E-state index in [1.165, 1.54) is 24.3 Å². The quantitative estimate of drug-likeness (QED) is 0.0925. The van der Waals surface area contributed by atoms with Gasteiger partial charge in [0.2, 0.25) is 5.82 Å². The van der Waals surface area contributed by atoms with Crippen molar-refractivity contribution < 1.29 is 52.9 Å². The summed E-state index contributed by atoms with van der Waals surface area (Å²) >= 11 is 0. The molecule has 2 aliphatic rings. The molecule has 2 aliphatic heterocycles. The highest BCUT2D eigenvalue weighted by atomic mass is 32.3.